The van der Waals surface area contributed by atoms with Gasteiger partial charge in [0, 0.05) is 29.3 Å². The molecule has 6 rings (SSSR count). The van der Waals surface area contributed by atoms with Crippen LogP contribution in [-0.4, -0.2) is 36.4 Å². The van der Waals surface area contributed by atoms with Gasteiger partial charge in [-0.2, -0.15) is 0 Å². The first-order chi connectivity index (χ1) is 20.5. The van der Waals surface area contributed by atoms with Crippen molar-refractivity contribution < 1.29 is 44.9 Å². The Morgan fingerprint density at radius 2 is 1.49 bits per heavy atom. The van der Waals surface area contributed by atoms with E-state index in [9.17, 15) is 35.4 Å². The van der Waals surface area contributed by atoms with Crippen molar-refractivity contribution in [1.82, 2.24) is 0 Å². The highest BCUT2D eigenvalue weighted by atomic mass is 16.5. The van der Waals surface area contributed by atoms with Gasteiger partial charge in [0.15, 0.2) is 5.78 Å². The van der Waals surface area contributed by atoms with Crippen molar-refractivity contribution in [1.29, 1.82) is 0 Å². The highest BCUT2D eigenvalue weighted by Gasteiger charge is 2.40. The standard InChI is InChI=1S/C34H28O9/c1-16(2)3-8-22-25(38)13-27(40)32-28(41)15-29(43-34(22)32)23-12-24-30(14-26(23)39)42-33(17-4-6-19(35)7-5-17)31(24)18-9-20(36)11-21(37)10-18/h3-14,29,31,33,35-40H,1,15H2,2H3. The van der Waals surface area contributed by atoms with Crippen LogP contribution in [0.2, 0.25) is 0 Å². The summed E-state index contributed by atoms with van der Waals surface area (Å²) < 4.78 is 12.5. The van der Waals surface area contributed by atoms with E-state index in [1.807, 2.05) is 0 Å². The maximum atomic E-state index is 13.3. The Labute approximate surface area is 246 Å². The molecule has 2 aliphatic rings. The molecule has 0 fully saturated rings. The van der Waals surface area contributed by atoms with Crippen LogP contribution in [0.15, 0.2) is 78.9 Å². The van der Waals surface area contributed by atoms with E-state index in [1.165, 1.54) is 42.5 Å². The molecule has 0 saturated carbocycles. The van der Waals surface area contributed by atoms with E-state index in [1.54, 1.807) is 31.2 Å². The summed E-state index contributed by atoms with van der Waals surface area (Å²) in [7, 11) is 0. The maximum absolute atomic E-state index is 13.3. The number of carbonyl (C=O) groups excluding carboxylic acids is 1. The molecule has 6 N–H and O–H groups in total. The molecule has 0 spiro atoms. The predicted molar refractivity (Wildman–Crippen MR) is 157 cm³/mol. The van der Waals surface area contributed by atoms with Crippen molar-refractivity contribution >= 4 is 11.9 Å². The predicted octanol–water partition coefficient (Wildman–Crippen LogP) is 6.48. The third kappa shape index (κ3) is 4.95. The average molecular weight is 581 g/mol. The van der Waals surface area contributed by atoms with Gasteiger partial charge in [-0.1, -0.05) is 30.4 Å². The van der Waals surface area contributed by atoms with Gasteiger partial charge in [0.25, 0.3) is 0 Å². The molecular formula is C34H28O9. The molecule has 9 heteroatoms. The number of allylic oxidation sites excluding steroid dienone is 2. The van der Waals surface area contributed by atoms with Crippen LogP contribution in [0.3, 0.4) is 0 Å². The molecule has 0 aromatic heterocycles. The molecule has 3 atom stereocenters. The van der Waals surface area contributed by atoms with Crippen LogP contribution in [0.4, 0.5) is 0 Å². The summed E-state index contributed by atoms with van der Waals surface area (Å²) in [5.41, 5.74) is 2.88. The lowest BCUT2D eigenvalue weighted by Gasteiger charge is -2.28. The number of fused-ring (bicyclic) bond motifs is 2. The Bertz CT molecular complexity index is 1800. The van der Waals surface area contributed by atoms with Gasteiger partial charge in [-0.25, -0.2) is 0 Å². The normalized spacial score (nSPS) is 19.0. The van der Waals surface area contributed by atoms with E-state index in [4.69, 9.17) is 9.47 Å². The Hall–Kier alpha value is -5.57. The van der Waals surface area contributed by atoms with Crippen LogP contribution in [0, 0.1) is 0 Å². The summed E-state index contributed by atoms with van der Waals surface area (Å²) in [5, 5.41) is 62.6. The van der Waals surface area contributed by atoms with E-state index in [2.05, 4.69) is 6.58 Å². The number of ether oxygens (including phenoxy) is 2. The summed E-state index contributed by atoms with van der Waals surface area (Å²) >= 11 is 0. The Morgan fingerprint density at radius 1 is 0.791 bits per heavy atom. The molecule has 2 aliphatic heterocycles. The number of ketones is 1. The topological polar surface area (TPSA) is 157 Å². The third-order valence-corrected chi connectivity index (χ3v) is 7.62. The molecule has 4 aromatic carbocycles. The first-order valence-corrected chi connectivity index (χ1v) is 13.5. The van der Waals surface area contributed by atoms with E-state index in [-0.39, 0.29) is 57.6 Å². The van der Waals surface area contributed by atoms with Crippen molar-refractivity contribution in [2.24, 2.45) is 0 Å². The summed E-state index contributed by atoms with van der Waals surface area (Å²) in [6, 6.07) is 14.8. The van der Waals surface area contributed by atoms with Gasteiger partial charge in [-0.15, -0.1) is 0 Å². The van der Waals surface area contributed by atoms with Gasteiger partial charge in [0.2, 0.25) is 0 Å². The second kappa shape index (κ2) is 10.4. The number of carbonyl (C=O) groups is 1. The number of hydrogen-bond donors (Lipinski definition) is 6. The van der Waals surface area contributed by atoms with Crippen LogP contribution < -0.4 is 9.47 Å². The van der Waals surface area contributed by atoms with E-state index >= 15 is 0 Å². The van der Waals surface area contributed by atoms with Crippen molar-refractivity contribution in [3.05, 3.63) is 112 Å². The minimum Gasteiger partial charge on any atom is -0.508 e. The molecule has 0 aliphatic carbocycles. The highest BCUT2D eigenvalue weighted by molar-refractivity contribution is 6.04. The molecule has 0 amide bonds. The lowest BCUT2D eigenvalue weighted by atomic mass is 9.83. The summed E-state index contributed by atoms with van der Waals surface area (Å²) in [4.78, 5) is 13.3. The summed E-state index contributed by atoms with van der Waals surface area (Å²) in [6.07, 6.45) is 1.31. The van der Waals surface area contributed by atoms with Gasteiger partial charge in [-0.05, 0) is 54.5 Å². The van der Waals surface area contributed by atoms with Gasteiger partial charge in [0.05, 0.1) is 17.9 Å². The molecular weight excluding hydrogens is 552 g/mol. The molecule has 0 bridgehead atoms. The molecule has 0 saturated heterocycles. The number of Topliss-reactive ketones (excluding diaryl/α,β-unsaturated/α-hetero) is 1. The first-order valence-electron chi connectivity index (χ1n) is 13.5. The smallest absolute Gasteiger partial charge is 0.174 e. The number of aromatic hydroxyl groups is 6. The lowest BCUT2D eigenvalue weighted by molar-refractivity contribution is 0.0841. The number of phenols is 6. The Balaban J connectivity index is 1.47. The molecule has 4 aromatic rings. The first kappa shape index (κ1) is 27.6. The second-order valence-corrected chi connectivity index (χ2v) is 10.8. The Kier molecular flexibility index (Phi) is 6.65. The zero-order valence-electron chi connectivity index (χ0n) is 23.0. The molecule has 218 valence electrons. The van der Waals surface area contributed by atoms with Gasteiger partial charge >= 0.3 is 0 Å². The molecule has 3 unspecified atom stereocenters. The van der Waals surface area contributed by atoms with Crippen LogP contribution in [0.25, 0.3) is 6.08 Å². The number of phenolic OH excluding ortho intramolecular Hbond substituents is 6. The van der Waals surface area contributed by atoms with Crippen LogP contribution in [0.1, 0.15) is 69.6 Å². The monoisotopic (exact) mass is 580 g/mol. The van der Waals surface area contributed by atoms with Gasteiger partial charge < -0.3 is 40.1 Å². The van der Waals surface area contributed by atoms with Crippen molar-refractivity contribution in [3.8, 4) is 46.0 Å². The minimum absolute atomic E-state index is 0.0242. The summed E-state index contributed by atoms with van der Waals surface area (Å²) in [5.74, 6) is -1.86. The van der Waals surface area contributed by atoms with Gasteiger partial charge in [0.1, 0.15) is 63.8 Å². The van der Waals surface area contributed by atoms with E-state index in [0.29, 0.717) is 28.0 Å². The number of hydrogen-bond acceptors (Lipinski definition) is 9. The fraction of sp³-hybridized carbons (Fsp3) is 0.147. The Morgan fingerprint density at radius 3 is 2.16 bits per heavy atom. The SMILES string of the molecule is C=C(C)C=Cc1c(O)cc(O)c2c1OC(c1cc3c(cc1O)OC(c1ccc(O)cc1)C3c1cc(O)cc(O)c1)CC2=O. The fourth-order valence-corrected chi connectivity index (χ4v) is 5.70. The van der Waals surface area contributed by atoms with Crippen LogP contribution >= 0.6 is 0 Å². The van der Waals surface area contributed by atoms with Crippen LogP contribution in [-0.2, 0) is 0 Å². The van der Waals surface area contributed by atoms with Gasteiger partial charge in [-0.3, -0.25) is 4.79 Å². The number of rotatable bonds is 5. The quantitative estimate of drug-likeness (QED) is 0.145. The fourth-order valence-electron chi connectivity index (χ4n) is 5.70. The molecule has 2 heterocycles. The molecule has 43 heavy (non-hydrogen) atoms. The molecule has 9 nitrogen and oxygen atoms in total. The minimum atomic E-state index is -0.991. The largest absolute Gasteiger partial charge is 0.508 e. The number of benzene rings is 4. The maximum Gasteiger partial charge on any atom is 0.174 e. The zero-order valence-corrected chi connectivity index (χ0v) is 23.0. The third-order valence-electron chi connectivity index (χ3n) is 7.62. The zero-order chi connectivity index (χ0) is 30.6. The van der Waals surface area contributed by atoms with E-state index < -0.39 is 29.7 Å². The van der Waals surface area contributed by atoms with E-state index in [0.717, 1.165) is 6.07 Å². The summed E-state index contributed by atoms with van der Waals surface area (Å²) in [6.45, 7) is 5.57. The van der Waals surface area contributed by atoms with Crippen molar-refractivity contribution in [2.75, 3.05) is 0 Å². The highest BCUT2D eigenvalue weighted by Crippen LogP contribution is 2.54. The molecule has 0 radical (unpaired) electrons. The average Bonchev–Trinajstić information content (AvgIpc) is 3.29. The van der Waals surface area contributed by atoms with Crippen molar-refractivity contribution in [2.45, 2.75) is 31.5 Å². The van der Waals surface area contributed by atoms with Crippen LogP contribution in [0.5, 0.6) is 46.0 Å². The van der Waals surface area contributed by atoms with Crippen molar-refractivity contribution in [3.63, 3.8) is 0 Å². The second-order valence-electron chi connectivity index (χ2n) is 10.8. The lowest BCUT2D eigenvalue weighted by Crippen LogP contribution is -2.21.